The molecule has 7 heavy (non-hydrogen) atoms. The van der Waals surface area contributed by atoms with Gasteiger partial charge in [0, 0.05) is 6.08 Å². The van der Waals surface area contributed by atoms with Crippen molar-refractivity contribution in [1.82, 2.24) is 5.06 Å². The Morgan fingerprint density at radius 3 is 3.29 bits per heavy atom. The maximum Gasteiger partial charge on any atom is 0.256 e. The van der Waals surface area contributed by atoms with E-state index in [1.807, 2.05) is 17.2 Å². The van der Waals surface area contributed by atoms with E-state index >= 15 is 0 Å². The van der Waals surface area contributed by atoms with Crippen molar-refractivity contribution >= 4 is 0 Å². The van der Waals surface area contributed by atoms with E-state index in [1.165, 1.54) is 0 Å². The summed E-state index contributed by atoms with van der Waals surface area (Å²) in [6.07, 6.45) is 6.00. The minimum Gasteiger partial charge on any atom is -0.355 e. The van der Waals surface area contributed by atoms with Crippen molar-refractivity contribution in [2.45, 2.75) is 0 Å². The minimum absolute atomic E-state index is 0.922. The van der Waals surface area contributed by atoms with E-state index in [-0.39, 0.29) is 0 Å². The second kappa shape index (κ2) is 0.832. The van der Waals surface area contributed by atoms with Crippen LogP contribution in [-0.2, 0) is 4.84 Å². The Kier molecular flexibility index (Phi) is 0.372. The van der Waals surface area contributed by atoms with Gasteiger partial charge in [-0.05, 0) is 0 Å². The Morgan fingerprint density at radius 2 is 2.71 bits per heavy atom. The minimum atomic E-state index is 0.922. The first kappa shape index (κ1) is 3.13. The number of nitrogens with zero attached hydrogens (tertiary/aromatic N) is 1. The van der Waals surface area contributed by atoms with Crippen molar-refractivity contribution < 1.29 is 4.84 Å². The van der Waals surface area contributed by atoms with Crippen molar-refractivity contribution in [3.8, 4) is 0 Å². The van der Waals surface area contributed by atoms with Crippen LogP contribution >= 0.6 is 0 Å². The molecular weight excluding hydrogens is 90.1 g/mol. The lowest BCUT2D eigenvalue weighted by atomic mass is 10.4. The normalized spacial score (nSPS) is 22.9. The summed E-state index contributed by atoms with van der Waals surface area (Å²) >= 11 is 0. The van der Waals surface area contributed by atoms with Crippen LogP contribution in [0.5, 0.6) is 0 Å². The Morgan fingerprint density at radius 1 is 1.71 bits per heavy atom. The lowest BCUT2D eigenvalue weighted by Gasteiger charge is -1.86. The predicted octanol–water partition coefficient (Wildman–Crippen LogP) is 0.645. The van der Waals surface area contributed by atoms with Gasteiger partial charge in [0.1, 0.15) is 0 Å². The van der Waals surface area contributed by atoms with Crippen molar-refractivity contribution in [3.05, 3.63) is 24.1 Å². The SMILES string of the molecule is C1=CCN2OC2=C1. The number of allylic oxidation sites excluding steroid dienone is 2. The molecule has 0 N–H and O–H groups in total. The molecule has 0 radical (unpaired) electrons. The molecule has 36 valence electrons. The van der Waals surface area contributed by atoms with Gasteiger partial charge in [-0.3, -0.25) is 0 Å². The first-order valence-electron chi connectivity index (χ1n) is 2.29. The second-order valence-electron chi connectivity index (χ2n) is 1.59. The zero-order chi connectivity index (χ0) is 4.69. The highest BCUT2D eigenvalue weighted by Gasteiger charge is 2.27. The molecule has 0 aliphatic carbocycles. The van der Waals surface area contributed by atoms with Crippen LogP contribution in [0.15, 0.2) is 24.1 Å². The summed E-state index contributed by atoms with van der Waals surface area (Å²) < 4.78 is 0. The first-order valence-corrected chi connectivity index (χ1v) is 2.29. The first-order chi connectivity index (χ1) is 3.47. The van der Waals surface area contributed by atoms with Crippen LogP contribution in [0.2, 0.25) is 0 Å². The quantitative estimate of drug-likeness (QED) is 0.410. The van der Waals surface area contributed by atoms with Crippen LogP contribution in [0, 0.1) is 0 Å². The Hall–Kier alpha value is -0.920. The van der Waals surface area contributed by atoms with Crippen molar-refractivity contribution in [1.29, 1.82) is 0 Å². The number of hydrogen-bond donors (Lipinski definition) is 0. The molecule has 1 fully saturated rings. The summed E-state index contributed by atoms with van der Waals surface area (Å²) in [5.74, 6) is 1.00. The molecule has 2 rings (SSSR count). The molecule has 0 spiro atoms. The van der Waals surface area contributed by atoms with Crippen LogP contribution in [0.25, 0.3) is 0 Å². The van der Waals surface area contributed by atoms with Gasteiger partial charge in [0.25, 0.3) is 5.88 Å². The molecule has 0 amide bonds. The molecular formula is C5H5NO. The molecule has 1 saturated heterocycles. The van der Waals surface area contributed by atoms with Crippen LogP contribution in [-0.4, -0.2) is 11.6 Å². The second-order valence-corrected chi connectivity index (χ2v) is 1.59. The van der Waals surface area contributed by atoms with E-state index in [2.05, 4.69) is 6.08 Å². The average Bonchev–Trinajstić information content (AvgIpc) is 2.41. The fourth-order valence-electron chi connectivity index (χ4n) is 0.640. The highest BCUT2D eigenvalue weighted by Crippen LogP contribution is 2.26. The zero-order valence-corrected chi connectivity index (χ0v) is 3.79. The number of rotatable bonds is 0. The van der Waals surface area contributed by atoms with Gasteiger partial charge < -0.3 is 4.84 Å². The Balaban J connectivity index is 2.31. The smallest absolute Gasteiger partial charge is 0.256 e. The van der Waals surface area contributed by atoms with E-state index < -0.39 is 0 Å². The van der Waals surface area contributed by atoms with Crippen LogP contribution < -0.4 is 0 Å². The van der Waals surface area contributed by atoms with Crippen molar-refractivity contribution in [2.24, 2.45) is 0 Å². The van der Waals surface area contributed by atoms with E-state index in [4.69, 9.17) is 4.84 Å². The molecule has 2 heterocycles. The van der Waals surface area contributed by atoms with Gasteiger partial charge in [-0.15, -0.1) is 0 Å². The summed E-state index contributed by atoms with van der Waals surface area (Å²) in [5, 5.41) is 1.83. The maximum absolute atomic E-state index is 4.91. The third-order valence-electron chi connectivity index (χ3n) is 1.06. The lowest BCUT2D eigenvalue weighted by molar-refractivity contribution is 0.220. The Labute approximate surface area is 41.6 Å². The molecule has 0 bridgehead atoms. The molecule has 0 saturated carbocycles. The van der Waals surface area contributed by atoms with E-state index in [0.29, 0.717) is 0 Å². The van der Waals surface area contributed by atoms with Gasteiger partial charge in [-0.1, -0.05) is 12.2 Å². The molecule has 2 aliphatic heterocycles. The van der Waals surface area contributed by atoms with Crippen LogP contribution in [0.1, 0.15) is 0 Å². The van der Waals surface area contributed by atoms with Gasteiger partial charge in [0.05, 0.1) is 6.54 Å². The molecule has 0 aromatic carbocycles. The fraction of sp³-hybridized carbons (Fsp3) is 0.200. The van der Waals surface area contributed by atoms with Crippen molar-refractivity contribution in [3.63, 3.8) is 0 Å². The van der Waals surface area contributed by atoms with Gasteiger partial charge in [-0.2, -0.15) is 5.06 Å². The number of hydroxylamine groups is 2. The highest BCUT2D eigenvalue weighted by atomic mass is 16.8. The van der Waals surface area contributed by atoms with E-state index in [1.54, 1.807) is 0 Å². The zero-order valence-electron chi connectivity index (χ0n) is 3.79. The summed E-state index contributed by atoms with van der Waals surface area (Å²) in [6, 6.07) is 0. The molecule has 0 unspecified atom stereocenters. The van der Waals surface area contributed by atoms with Crippen LogP contribution in [0.3, 0.4) is 0 Å². The monoisotopic (exact) mass is 95.0 g/mol. The molecule has 2 nitrogen and oxygen atoms in total. The largest absolute Gasteiger partial charge is 0.355 e. The molecule has 0 aromatic heterocycles. The van der Waals surface area contributed by atoms with Crippen LogP contribution in [0.4, 0.5) is 0 Å². The summed E-state index contributed by atoms with van der Waals surface area (Å²) in [7, 11) is 0. The maximum atomic E-state index is 4.91. The summed E-state index contributed by atoms with van der Waals surface area (Å²) in [5.41, 5.74) is 0. The van der Waals surface area contributed by atoms with Gasteiger partial charge in [-0.25, -0.2) is 0 Å². The predicted molar refractivity (Wildman–Crippen MR) is 25.0 cm³/mol. The average molecular weight is 95.1 g/mol. The summed E-state index contributed by atoms with van der Waals surface area (Å²) in [4.78, 5) is 4.91. The number of fused-ring (bicyclic) bond motifs is 1. The van der Waals surface area contributed by atoms with Gasteiger partial charge in [0.15, 0.2) is 0 Å². The third kappa shape index (κ3) is 0.330. The van der Waals surface area contributed by atoms with Gasteiger partial charge >= 0.3 is 0 Å². The summed E-state index contributed by atoms with van der Waals surface area (Å²) in [6.45, 7) is 0.922. The van der Waals surface area contributed by atoms with Crippen molar-refractivity contribution in [2.75, 3.05) is 6.54 Å². The number of hydrogen-bond acceptors (Lipinski definition) is 2. The third-order valence-corrected chi connectivity index (χ3v) is 1.06. The van der Waals surface area contributed by atoms with E-state index in [9.17, 15) is 0 Å². The topological polar surface area (TPSA) is 15.5 Å². The molecule has 2 aliphatic rings. The van der Waals surface area contributed by atoms with Gasteiger partial charge in [0.2, 0.25) is 0 Å². The Bertz CT molecular complexity index is 148. The molecule has 0 atom stereocenters. The van der Waals surface area contributed by atoms with E-state index in [0.717, 1.165) is 12.4 Å². The molecule has 0 aromatic rings. The molecule has 2 heteroatoms. The highest BCUT2D eigenvalue weighted by molar-refractivity contribution is 5.17. The standard InChI is InChI=1S/C5H5NO/c1-2-4-6-5(3-1)7-6/h1-3H,4H2. The lowest BCUT2D eigenvalue weighted by Crippen LogP contribution is -1.94. The fourth-order valence-corrected chi connectivity index (χ4v) is 0.640.